The number of sulfonamides is 1. The molecular formula is C22H24N2O3S. The molecule has 28 heavy (non-hydrogen) atoms. The summed E-state index contributed by atoms with van der Waals surface area (Å²) in [5.41, 5.74) is 2.39. The van der Waals surface area contributed by atoms with Gasteiger partial charge in [-0.25, -0.2) is 8.42 Å². The highest BCUT2D eigenvalue weighted by Crippen LogP contribution is 2.22. The zero-order chi connectivity index (χ0) is 20.3. The van der Waals surface area contributed by atoms with Crippen LogP contribution in [0.15, 0.2) is 66.7 Å². The van der Waals surface area contributed by atoms with Gasteiger partial charge in [0.05, 0.1) is 11.9 Å². The lowest BCUT2D eigenvalue weighted by Crippen LogP contribution is -2.47. The molecule has 6 heteroatoms. The highest BCUT2D eigenvalue weighted by molar-refractivity contribution is 7.92. The molecule has 0 saturated heterocycles. The van der Waals surface area contributed by atoms with Crippen LogP contribution in [0.25, 0.3) is 10.8 Å². The maximum atomic E-state index is 12.8. The van der Waals surface area contributed by atoms with Crippen LogP contribution in [-0.2, 0) is 21.4 Å². The zero-order valence-corrected chi connectivity index (χ0v) is 17.0. The summed E-state index contributed by atoms with van der Waals surface area (Å²) in [6.45, 7) is 3.81. The van der Waals surface area contributed by atoms with Crippen LogP contribution in [-0.4, -0.2) is 26.6 Å². The molecule has 0 saturated carbocycles. The molecule has 0 fully saturated rings. The van der Waals surface area contributed by atoms with Crippen molar-refractivity contribution in [2.45, 2.75) is 26.4 Å². The van der Waals surface area contributed by atoms with Gasteiger partial charge in [-0.1, -0.05) is 54.6 Å². The molecule has 3 aromatic carbocycles. The second kappa shape index (κ2) is 8.02. The molecule has 5 nitrogen and oxygen atoms in total. The minimum atomic E-state index is -3.62. The van der Waals surface area contributed by atoms with E-state index in [4.69, 9.17) is 0 Å². The Morgan fingerprint density at radius 2 is 1.71 bits per heavy atom. The number of hydrogen-bond acceptors (Lipinski definition) is 3. The molecule has 0 heterocycles. The Morgan fingerprint density at radius 3 is 2.43 bits per heavy atom. The van der Waals surface area contributed by atoms with Crippen LogP contribution in [0.4, 0.5) is 5.69 Å². The van der Waals surface area contributed by atoms with Crippen LogP contribution in [0.5, 0.6) is 0 Å². The third kappa shape index (κ3) is 4.34. The molecule has 0 unspecified atom stereocenters. The number of benzene rings is 3. The second-order valence-electron chi connectivity index (χ2n) is 6.93. The van der Waals surface area contributed by atoms with Gasteiger partial charge in [0.15, 0.2) is 0 Å². The normalized spacial score (nSPS) is 12.5. The maximum Gasteiger partial charge on any atom is 0.243 e. The van der Waals surface area contributed by atoms with Gasteiger partial charge < -0.3 is 5.32 Å². The molecule has 0 aliphatic rings. The van der Waals surface area contributed by atoms with E-state index in [1.165, 1.54) is 4.31 Å². The maximum absolute atomic E-state index is 12.8. The molecular weight excluding hydrogens is 372 g/mol. The lowest BCUT2D eigenvalue weighted by Gasteiger charge is -2.28. The average molecular weight is 397 g/mol. The van der Waals surface area contributed by atoms with Gasteiger partial charge in [-0.05, 0) is 47.9 Å². The number of fused-ring (bicyclic) bond motifs is 1. The number of aryl methyl sites for hydroxylation is 1. The molecule has 0 radical (unpaired) electrons. The highest BCUT2D eigenvalue weighted by Gasteiger charge is 2.29. The topological polar surface area (TPSA) is 66.5 Å². The van der Waals surface area contributed by atoms with Crippen LogP contribution in [0.1, 0.15) is 18.1 Å². The minimum absolute atomic E-state index is 0.329. The van der Waals surface area contributed by atoms with E-state index in [0.717, 1.165) is 28.2 Å². The molecule has 3 rings (SSSR count). The summed E-state index contributed by atoms with van der Waals surface area (Å²) in [6.07, 6.45) is 1.11. The average Bonchev–Trinajstić information content (AvgIpc) is 2.65. The van der Waals surface area contributed by atoms with Gasteiger partial charge in [-0.3, -0.25) is 9.10 Å². The number of nitrogens with zero attached hydrogens (tertiary/aromatic N) is 1. The van der Waals surface area contributed by atoms with Crippen molar-refractivity contribution in [2.24, 2.45) is 0 Å². The molecule has 0 bridgehead atoms. The number of hydrogen-bond donors (Lipinski definition) is 1. The summed E-state index contributed by atoms with van der Waals surface area (Å²) in [5.74, 6) is -0.347. The summed E-state index contributed by atoms with van der Waals surface area (Å²) in [5, 5.41) is 5.05. The Morgan fingerprint density at radius 1 is 1.04 bits per heavy atom. The first-order valence-corrected chi connectivity index (χ1v) is 10.9. The van der Waals surface area contributed by atoms with Gasteiger partial charge in [0, 0.05) is 6.54 Å². The lowest BCUT2D eigenvalue weighted by molar-refractivity contribution is -0.122. The van der Waals surface area contributed by atoms with Crippen LogP contribution >= 0.6 is 0 Å². The van der Waals surface area contributed by atoms with Gasteiger partial charge in [-0.2, -0.15) is 0 Å². The van der Waals surface area contributed by atoms with E-state index < -0.39 is 16.1 Å². The number of amides is 1. The fourth-order valence-electron chi connectivity index (χ4n) is 3.35. The molecule has 3 aromatic rings. The fourth-order valence-corrected chi connectivity index (χ4v) is 4.52. The van der Waals surface area contributed by atoms with Crippen LogP contribution < -0.4 is 9.62 Å². The van der Waals surface area contributed by atoms with Crippen molar-refractivity contribution in [3.05, 3.63) is 77.9 Å². The summed E-state index contributed by atoms with van der Waals surface area (Å²) >= 11 is 0. The number of nitrogens with one attached hydrogen (secondary N) is 1. The van der Waals surface area contributed by atoms with Crippen LogP contribution in [0.2, 0.25) is 0 Å². The smallest absolute Gasteiger partial charge is 0.243 e. The van der Waals surface area contributed by atoms with E-state index in [1.807, 2.05) is 55.5 Å². The first kappa shape index (κ1) is 19.9. The van der Waals surface area contributed by atoms with Crippen molar-refractivity contribution in [2.75, 3.05) is 10.6 Å². The Hall–Kier alpha value is -2.86. The Labute approximate surface area is 166 Å². The van der Waals surface area contributed by atoms with E-state index in [2.05, 4.69) is 5.32 Å². The van der Waals surface area contributed by atoms with Crippen molar-refractivity contribution in [1.82, 2.24) is 5.32 Å². The molecule has 1 amide bonds. The van der Waals surface area contributed by atoms with E-state index >= 15 is 0 Å². The number of carbonyl (C=O) groups excluding carboxylic acids is 1. The molecule has 0 aromatic heterocycles. The number of anilines is 1. The quantitative estimate of drug-likeness (QED) is 0.692. The standard InChI is InChI=1S/C22H24N2O3S/c1-16-8-6-12-20(14-16)24(28(3,26)27)17(2)22(25)23-15-19-11-7-10-18-9-4-5-13-21(18)19/h4-14,17H,15H2,1-3H3,(H,23,25)/t17-/m1/s1. The van der Waals surface area contributed by atoms with Crippen molar-refractivity contribution in [1.29, 1.82) is 0 Å². The molecule has 0 spiro atoms. The Kier molecular flexibility index (Phi) is 5.70. The Bertz CT molecular complexity index is 1100. The Balaban J connectivity index is 1.82. The van der Waals surface area contributed by atoms with Gasteiger partial charge in [-0.15, -0.1) is 0 Å². The minimum Gasteiger partial charge on any atom is -0.350 e. The van der Waals surface area contributed by atoms with Gasteiger partial charge in [0.1, 0.15) is 6.04 Å². The van der Waals surface area contributed by atoms with Crippen molar-refractivity contribution in [3.8, 4) is 0 Å². The van der Waals surface area contributed by atoms with Crippen molar-refractivity contribution in [3.63, 3.8) is 0 Å². The predicted molar refractivity (Wildman–Crippen MR) is 114 cm³/mol. The van der Waals surface area contributed by atoms with E-state index in [1.54, 1.807) is 25.1 Å². The third-order valence-corrected chi connectivity index (χ3v) is 5.92. The molecule has 146 valence electrons. The first-order chi connectivity index (χ1) is 13.3. The SMILES string of the molecule is Cc1cccc(N([C@H](C)C(=O)NCc2cccc3ccccc23)S(C)(=O)=O)c1. The zero-order valence-electron chi connectivity index (χ0n) is 16.2. The summed E-state index contributed by atoms with van der Waals surface area (Å²) in [7, 11) is -3.62. The first-order valence-electron chi connectivity index (χ1n) is 9.08. The molecule has 1 N–H and O–H groups in total. The number of carbonyl (C=O) groups is 1. The second-order valence-corrected chi connectivity index (χ2v) is 8.79. The molecule has 1 atom stereocenters. The van der Waals surface area contributed by atoms with Crippen molar-refractivity contribution < 1.29 is 13.2 Å². The van der Waals surface area contributed by atoms with E-state index in [-0.39, 0.29) is 5.91 Å². The van der Waals surface area contributed by atoms with Crippen LogP contribution in [0, 0.1) is 6.92 Å². The summed E-state index contributed by atoms with van der Waals surface area (Å²) in [6, 6.07) is 20.1. The van der Waals surface area contributed by atoms with E-state index in [0.29, 0.717) is 12.2 Å². The third-order valence-electron chi connectivity index (χ3n) is 4.68. The van der Waals surface area contributed by atoms with E-state index in [9.17, 15) is 13.2 Å². The molecule has 0 aliphatic carbocycles. The van der Waals surface area contributed by atoms with Crippen LogP contribution in [0.3, 0.4) is 0 Å². The summed E-state index contributed by atoms with van der Waals surface area (Å²) < 4.78 is 25.9. The monoisotopic (exact) mass is 396 g/mol. The largest absolute Gasteiger partial charge is 0.350 e. The van der Waals surface area contributed by atoms with Gasteiger partial charge >= 0.3 is 0 Å². The number of rotatable bonds is 6. The summed E-state index contributed by atoms with van der Waals surface area (Å²) in [4.78, 5) is 12.8. The highest BCUT2D eigenvalue weighted by atomic mass is 32.2. The fraction of sp³-hybridized carbons (Fsp3) is 0.227. The van der Waals surface area contributed by atoms with Crippen molar-refractivity contribution >= 4 is 32.4 Å². The predicted octanol–water partition coefficient (Wildman–Crippen LogP) is 3.62. The van der Waals surface area contributed by atoms with Gasteiger partial charge in [0.25, 0.3) is 0 Å². The lowest BCUT2D eigenvalue weighted by atomic mass is 10.0. The molecule has 0 aliphatic heterocycles. The van der Waals surface area contributed by atoms with Gasteiger partial charge in [0.2, 0.25) is 15.9 Å².